The van der Waals surface area contributed by atoms with E-state index >= 15 is 0 Å². The van der Waals surface area contributed by atoms with Gasteiger partial charge in [0, 0.05) is 37.8 Å². The minimum absolute atomic E-state index is 0. The zero-order valence-electron chi connectivity index (χ0n) is 45.1. The molecule has 412 valence electrons. The van der Waals surface area contributed by atoms with Gasteiger partial charge in [0.15, 0.2) is 0 Å². The third-order valence-electron chi connectivity index (χ3n) is 11.7. The second-order valence-corrected chi connectivity index (χ2v) is 18.1. The number of carbonyl (C=O) groups excluding carboxylic acids is 6. The Hall–Kier alpha value is -4.22. The van der Waals surface area contributed by atoms with Gasteiger partial charge in [0.05, 0.1) is 26.2 Å². The van der Waals surface area contributed by atoms with E-state index in [1.54, 1.807) is 9.80 Å². The third kappa shape index (κ3) is 51.9. The zero-order chi connectivity index (χ0) is 52.0. The molecule has 0 aromatic rings. The Kier molecular flexibility index (Phi) is 56.7. The Labute approximate surface area is 434 Å². The fourth-order valence-corrected chi connectivity index (χ4v) is 7.46. The van der Waals surface area contributed by atoms with Gasteiger partial charge < -0.3 is 28.7 Å². The highest BCUT2D eigenvalue weighted by molar-refractivity contribution is 5.82. The predicted molar refractivity (Wildman–Crippen MR) is 293 cm³/mol. The van der Waals surface area contributed by atoms with Crippen molar-refractivity contribution < 1.29 is 47.7 Å². The molecule has 0 atom stereocenters. The van der Waals surface area contributed by atoms with E-state index in [2.05, 4.69) is 51.3 Å². The Morgan fingerprint density at radius 2 is 0.620 bits per heavy atom. The van der Waals surface area contributed by atoms with Crippen LogP contribution in [0.25, 0.3) is 0 Å². The molecule has 0 N–H and O–H groups in total. The minimum atomic E-state index is -0.525. The molecule has 0 aliphatic rings. The topological polar surface area (TPSA) is 146 Å². The zero-order valence-corrected chi connectivity index (χ0v) is 45.1. The summed E-state index contributed by atoms with van der Waals surface area (Å²) in [4.78, 5) is 74.1. The van der Waals surface area contributed by atoms with Crippen LogP contribution in [-0.2, 0) is 47.7 Å². The fraction of sp³-hybridized carbons (Fsp3) is 0.763. The van der Waals surface area contributed by atoms with Crippen LogP contribution in [0.3, 0.4) is 0 Å². The first kappa shape index (κ1) is 71.0. The molecule has 0 saturated carbocycles. The van der Waals surface area contributed by atoms with Gasteiger partial charge in [-0.25, -0.2) is 9.59 Å². The number of hydrogen-bond acceptors (Lipinski definition) is 10. The van der Waals surface area contributed by atoms with Gasteiger partial charge in [-0.15, -0.1) is 0 Å². The molecule has 12 heteroatoms. The van der Waals surface area contributed by atoms with Gasteiger partial charge in [-0.1, -0.05) is 175 Å². The molecule has 0 aromatic heterocycles. The Morgan fingerprint density at radius 3 is 0.901 bits per heavy atom. The molecule has 0 spiro atoms. The van der Waals surface area contributed by atoms with E-state index in [0.29, 0.717) is 38.8 Å². The van der Waals surface area contributed by atoms with Crippen LogP contribution in [0.1, 0.15) is 241 Å². The largest absolute Gasteiger partial charge is 0.464 e. The number of rotatable bonds is 48. The number of ether oxygens (including phenoxy) is 4. The molecular weight excluding hydrogens is 897 g/mol. The monoisotopic (exact) mass is 1000 g/mol. The lowest BCUT2D eigenvalue weighted by Gasteiger charge is -2.22. The number of esters is 4. The predicted octanol–water partition coefficient (Wildman–Crippen LogP) is 14.5. The first-order valence-electron chi connectivity index (χ1n) is 27.8. The molecule has 0 aromatic carbocycles. The minimum Gasteiger partial charge on any atom is -0.464 e. The molecule has 0 heterocycles. The van der Waals surface area contributed by atoms with Crippen LogP contribution < -0.4 is 0 Å². The van der Waals surface area contributed by atoms with Crippen LogP contribution in [0, 0.1) is 0 Å². The number of nitrogens with zero attached hydrogens (tertiary/aromatic N) is 2. The quantitative estimate of drug-likeness (QED) is 0.0190. The summed E-state index contributed by atoms with van der Waals surface area (Å²) in [7, 11) is 0. The van der Waals surface area contributed by atoms with Gasteiger partial charge in [-0.3, -0.25) is 19.2 Å². The maximum absolute atomic E-state index is 12.7. The molecule has 0 radical (unpaired) electrons. The smallest absolute Gasteiger partial charge is 0.330 e. The van der Waals surface area contributed by atoms with Crippen LogP contribution in [0.15, 0.2) is 49.6 Å². The maximum atomic E-state index is 12.7. The second-order valence-electron chi connectivity index (χ2n) is 18.1. The summed E-state index contributed by atoms with van der Waals surface area (Å²) in [5, 5.41) is 0. The fourth-order valence-electron chi connectivity index (χ4n) is 7.46. The van der Waals surface area contributed by atoms with E-state index in [9.17, 15) is 28.8 Å². The van der Waals surface area contributed by atoms with Crippen molar-refractivity contribution >= 4 is 35.7 Å². The molecule has 2 amide bonds. The van der Waals surface area contributed by atoms with Gasteiger partial charge in [-0.05, 0) is 77.0 Å². The van der Waals surface area contributed by atoms with E-state index in [1.807, 2.05) is 13.8 Å². The average molecular weight is 1000 g/mol. The molecular formula is C59H106N2O10. The van der Waals surface area contributed by atoms with Crippen molar-refractivity contribution in [2.75, 3.05) is 52.6 Å². The van der Waals surface area contributed by atoms with Crippen molar-refractivity contribution in [3.05, 3.63) is 49.6 Å². The molecule has 0 rings (SSSR count). The normalized spacial score (nSPS) is 10.8. The van der Waals surface area contributed by atoms with Crippen molar-refractivity contribution in [1.82, 2.24) is 9.80 Å². The first-order chi connectivity index (χ1) is 34.1. The van der Waals surface area contributed by atoms with Crippen molar-refractivity contribution in [3.63, 3.8) is 0 Å². The standard InChI is InChI=1S/C30H55NO5.C28H47NO5.CH4/c1-4-7-8-9-10-11-12-13-14-15-16-17-18-19-20-23-28(32)31(24-26-35-29(33)21-5-2)25-27-36-30(34)22-6-3;1-4-7-8-9-10-11-12-13-14-15-16-17-18-19-20-21-26(30)29(22-24-33-27(31)5-2)23-25-34-28(32)6-3;/h13-14H,4-12,15-27H2,1-3H3;5-6,13-14H,2-4,7-12,15-25H2,1H3;1H4/b2*14-13-;. The molecule has 71 heavy (non-hydrogen) atoms. The van der Waals surface area contributed by atoms with Crippen molar-refractivity contribution in [2.45, 2.75) is 241 Å². The molecule has 0 aliphatic heterocycles. The van der Waals surface area contributed by atoms with Crippen LogP contribution >= 0.6 is 0 Å². The van der Waals surface area contributed by atoms with E-state index in [-0.39, 0.29) is 70.7 Å². The summed E-state index contributed by atoms with van der Waals surface area (Å²) >= 11 is 0. The van der Waals surface area contributed by atoms with E-state index in [1.165, 1.54) is 116 Å². The summed E-state index contributed by atoms with van der Waals surface area (Å²) in [6.07, 6.45) is 46.3. The SMILES string of the molecule is C.C=CC(=O)OCCN(CCOC(=O)C=C)C(=O)CCCCCCC/C=C\CCCCCCCC.CCCCCCCC/C=C\CCCCCCCC(=O)N(CCOC(=O)CCC)CCOC(=O)CCC. The highest BCUT2D eigenvalue weighted by Crippen LogP contribution is 2.13. The highest BCUT2D eigenvalue weighted by atomic mass is 16.5. The third-order valence-corrected chi connectivity index (χ3v) is 11.7. The van der Waals surface area contributed by atoms with Crippen molar-refractivity contribution in [2.24, 2.45) is 0 Å². The van der Waals surface area contributed by atoms with Gasteiger partial charge in [-0.2, -0.15) is 0 Å². The number of amides is 2. The lowest BCUT2D eigenvalue weighted by atomic mass is 10.1. The lowest BCUT2D eigenvalue weighted by molar-refractivity contribution is -0.147. The van der Waals surface area contributed by atoms with Crippen LogP contribution in [-0.4, -0.2) is 98.1 Å². The summed E-state index contributed by atoms with van der Waals surface area (Å²) < 4.78 is 20.4. The molecule has 0 fully saturated rings. The number of hydrogen-bond donors (Lipinski definition) is 0. The molecule has 0 unspecified atom stereocenters. The van der Waals surface area contributed by atoms with E-state index < -0.39 is 11.9 Å². The van der Waals surface area contributed by atoms with Crippen molar-refractivity contribution in [1.29, 1.82) is 0 Å². The Bertz CT molecular complexity index is 1330. The van der Waals surface area contributed by atoms with Crippen LogP contribution in [0.4, 0.5) is 0 Å². The van der Waals surface area contributed by atoms with Gasteiger partial charge in [0.1, 0.15) is 26.4 Å². The first-order valence-corrected chi connectivity index (χ1v) is 27.8. The second kappa shape index (κ2) is 56.7. The molecule has 0 saturated heterocycles. The molecule has 0 bridgehead atoms. The Balaban J connectivity index is -0.00000129. The highest BCUT2D eigenvalue weighted by Gasteiger charge is 2.16. The summed E-state index contributed by atoms with van der Waals surface area (Å²) in [5.74, 6) is -1.52. The van der Waals surface area contributed by atoms with Gasteiger partial charge in [0.25, 0.3) is 0 Å². The summed E-state index contributed by atoms with van der Waals surface area (Å²) in [6, 6.07) is 0. The van der Waals surface area contributed by atoms with Crippen LogP contribution in [0.5, 0.6) is 0 Å². The summed E-state index contributed by atoms with van der Waals surface area (Å²) in [5.41, 5.74) is 0. The average Bonchev–Trinajstić information content (AvgIpc) is 3.35. The number of unbranched alkanes of at least 4 members (excludes halogenated alkanes) is 22. The van der Waals surface area contributed by atoms with Gasteiger partial charge >= 0.3 is 23.9 Å². The maximum Gasteiger partial charge on any atom is 0.330 e. The number of carbonyl (C=O) groups is 6. The molecule has 0 aliphatic carbocycles. The van der Waals surface area contributed by atoms with Crippen molar-refractivity contribution in [3.8, 4) is 0 Å². The summed E-state index contributed by atoms with van der Waals surface area (Å²) in [6.45, 7) is 16.8. The van der Waals surface area contributed by atoms with E-state index in [0.717, 1.165) is 76.4 Å². The van der Waals surface area contributed by atoms with E-state index in [4.69, 9.17) is 18.9 Å². The number of allylic oxidation sites excluding steroid dienone is 4. The van der Waals surface area contributed by atoms with Gasteiger partial charge in [0.2, 0.25) is 11.8 Å². The van der Waals surface area contributed by atoms with Crippen LogP contribution in [0.2, 0.25) is 0 Å². The molecule has 12 nitrogen and oxygen atoms in total. The lowest BCUT2D eigenvalue weighted by Crippen LogP contribution is -2.37. The Morgan fingerprint density at radius 1 is 0.352 bits per heavy atom.